The largest absolute Gasteiger partial charge is 0.761 e. The van der Waals surface area contributed by atoms with E-state index in [4.69, 9.17) is 9.47 Å². The molecule has 0 bridgehead atoms. The van der Waals surface area contributed by atoms with Crippen LogP contribution in [0.1, 0.15) is 33.6 Å². The Kier molecular flexibility index (Phi) is 5.13. The Balaban J connectivity index is 1.91. The minimum atomic E-state index is -0.494. The van der Waals surface area contributed by atoms with Gasteiger partial charge >= 0.3 is 6.09 Å². The first-order valence-electron chi connectivity index (χ1n) is 7.50. The van der Waals surface area contributed by atoms with Gasteiger partial charge in [0.15, 0.2) is 0 Å². The molecule has 0 saturated carbocycles. The summed E-state index contributed by atoms with van der Waals surface area (Å²) in [6, 6.07) is 6.81. The van der Waals surface area contributed by atoms with Crippen molar-refractivity contribution in [2.45, 2.75) is 45.3 Å². The molecule has 1 N–H and O–H groups in total. The SMILES string of the molecule is CC(C)(C)OC(=O)N1CCCC(Oc2ccc(N[O-])cc2)C1. The second kappa shape index (κ2) is 6.87. The third-order valence-electron chi connectivity index (χ3n) is 3.30. The van der Waals surface area contributed by atoms with Gasteiger partial charge in [0.05, 0.1) is 6.54 Å². The van der Waals surface area contributed by atoms with Crippen LogP contribution in [0.4, 0.5) is 10.5 Å². The van der Waals surface area contributed by atoms with Gasteiger partial charge in [-0.25, -0.2) is 4.79 Å². The second-order valence-corrected chi connectivity index (χ2v) is 6.43. The number of anilines is 1. The van der Waals surface area contributed by atoms with E-state index in [0.29, 0.717) is 24.5 Å². The molecule has 1 amide bonds. The van der Waals surface area contributed by atoms with Crippen molar-refractivity contribution < 1.29 is 14.3 Å². The fourth-order valence-corrected chi connectivity index (χ4v) is 2.32. The van der Waals surface area contributed by atoms with E-state index in [2.05, 4.69) is 0 Å². The van der Waals surface area contributed by atoms with E-state index in [0.717, 1.165) is 12.8 Å². The highest BCUT2D eigenvalue weighted by Crippen LogP contribution is 2.21. The van der Waals surface area contributed by atoms with Crippen molar-refractivity contribution >= 4 is 11.8 Å². The van der Waals surface area contributed by atoms with Crippen LogP contribution in [0, 0.1) is 5.21 Å². The number of rotatable bonds is 3. The maximum absolute atomic E-state index is 12.1. The monoisotopic (exact) mass is 307 g/mol. The van der Waals surface area contributed by atoms with E-state index < -0.39 is 5.60 Å². The van der Waals surface area contributed by atoms with E-state index in [1.54, 1.807) is 29.2 Å². The number of piperidine rings is 1. The van der Waals surface area contributed by atoms with Crippen molar-refractivity contribution in [1.29, 1.82) is 0 Å². The predicted molar refractivity (Wildman–Crippen MR) is 84.9 cm³/mol. The molecule has 6 heteroatoms. The third-order valence-corrected chi connectivity index (χ3v) is 3.30. The van der Waals surface area contributed by atoms with E-state index in [1.165, 1.54) is 0 Å². The van der Waals surface area contributed by atoms with Crippen LogP contribution in [-0.2, 0) is 4.74 Å². The molecule has 1 fully saturated rings. The number of amides is 1. The van der Waals surface area contributed by atoms with Crippen LogP contribution in [0.25, 0.3) is 0 Å². The van der Waals surface area contributed by atoms with Gasteiger partial charge in [0.25, 0.3) is 0 Å². The standard InChI is InChI=1S/C16H23N2O4/c1-16(2,3)22-15(19)18-10-4-5-14(11-18)21-13-8-6-12(17-20)7-9-13/h6-9,14,17H,4-5,10-11H2,1-3H3/q-1. The first kappa shape index (κ1) is 16.4. The fraction of sp³-hybridized carbons (Fsp3) is 0.562. The van der Waals surface area contributed by atoms with Crippen molar-refractivity contribution in [1.82, 2.24) is 4.90 Å². The maximum atomic E-state index is 12.1. The molecule has 1 aliphatic rings. The molecule has 2 rings (SSSR count). The van der Waals surface area contributed by atoms with Gasteiger partial charge in [0, 0.05) is 12.2 Å². The Labute approximate surface area is 131 Å². The second-order valence-electron chi connectivity index (χ2n) is 6.43. The van der Waals surface area contributed by atoms with E-state index in [9.17, 15) is 10.0 Å². The lowest BCUT2D eigenvalue weighted by Crippen LogP contribution is -2.46. The number of nitrogens with one attached hydrogen (secondary N) is 1. The maximum Gasteiger partial charge on any atom is 0.410 e. The van der Waals surface area contributed by atoms with Crippen molar-refractivity contribution in [2.24, 2.45) is 0 Å². The van der Waals surface area contributed by atoms with Crippen LogP contribution >= 0.6 is 0 Å². The van der Waals surface area contributed by atoms with Gasteiger partial charge in [0.1, 0.15) is 17.5 Å². The predicted octanol–water partition coefficient (Wildman–Crippen LogP) is 3.37. The summed E-state index contributed by atoms with van der Waals surface area (Å²) < 4.78 is 11.3. The highest BCUT2D eigenvalue weighted by Gasteiger charge is 2.28. The molecule has 1 aromatic carbocycles. The average molecular weight is 307 g/mol. The minimum Gasteiger partial charge on any atom is -0.761 e. The summed E-state index contributed by atoms with van der Waals surface area (Å²) in [5, 5.41) is 10.5. The summed E-state index contributed by atoms with van der Waals surface area (Å²) in [6.45, 7) is 6.77. The summed E-state index contributed by atoms with van der Waals surface area (Å²) in [5.41, 5.74) is 1.82. The smallest absolute Gasteiger partial charge is 0.410 e. The van der Waals surface area contributed by atoms with Crippen molar-refractivity contribution in [3.63, 3.8) is 0 Å². The van der Waals surface area contributed by atoms with Gasteiger partial charge < -0.3 is 25.1 Å². The Morgan fingerprint density at radius 1 is 1.32 bits per heavy atom. The number of hydrogen-bond donors (Lipinski definition) is 1. The highest BCUT2D eigenvalue weighted by molar-refractivity contribution is 5.68. The number of carbonyl (C=O) groups is 1. The number of ether oxygens (including phenoxy) is 2. The molecule has 122 valence electrons. The summed E-state index contributed by atoms with van der Waals surface area (Å²) in [7, 11) is 0. The van der Waals surface area contributed by atoms with Crippen LogP contribution in [-0.4, -0.2) is 35.8 Å². The summed E-state index contributed by atoms with van der Waals surface area (Å²) in [6.07, 6.45) is 1.41. The zero-order valence-electron chi connectivity index (χ0n) is 13.3. The highest BCUT2D eigenvalue weighted by atomic mass is 16.6. The molecule has 1 aliphatic heterocycles. The average Bonchev–Trinajstić information content (AvgIpc) is 2.46. The molecule has 1 saturated heterocycles. The lowest BCUT2D eigenvalue weighted by atomic mass is 10.1. The third kappa shape index (κ3) is 4.80. The molecule has 1 heterocycles. The molecule has 0 radical (unpaired) electrons. The minimum absolute atomic E-state index is 0.0627. The lowest BCUT2D eigenvalue weighted by Gasteiger charge is -2.34. The lowest BCUT2D eigenvalue weighted by molar-refractivity contribution is 0.00776. The number of likely N-dealkylation sites (tertiary alicyclic amines) is 1. The van der Waals surface area contributed by atoms with Crippen LogP contribution in [0.3, 0.4) is 0 Å². The molecule has 0 aliphatic carbocycles. The van der Waals surface area contributed by atoms with E-state index in [-0.39, 0.29) is 12.2 Å². The molecule has 0 aromatic heterocycles. The number of hydrogen-bond acceptors (Lipinski definition) is 5. The van der Waals surface area contributed by atoms with Gasteiger partial charge in [-0.1, -0.05) is 0 Å². The molecule has 22 heavy (non-hydrogen) atoms. The number of benzene rings is 1. The van der Waals surface area contributed by atoms with Crippen molar-refractivity contribution in [3.8, 4) is 5.75 Å². The first-order valence-corrected chi connectivity index (χ1v) is 7.50. The fourth-order valence-electron chi connectivity index (χ4n) is 2.32. The Morgan fingerprint density at radius 3 is 2.59 bits per heavy atom. The normalized spacial score (nSPS) is 18.7. The Bertz CT molecular complexity index is 496. The van der Waals surface area contributed by atoms with Gasteiger partial charge in [-0.2, -0.15) is 0 Å². The van der Waals surface area contributed by atoms with Gasteiger partial charge in [0.2, 0.25) is 0 Å². The Morgan fingerprint density at radius 2 is 2.00 bits per heavy atom. The number of carbonyl (C=O) groups excluding carboxylic acids is 1. The Hall–Kier alpha value is -1.95. The summed E-state index contributed by atoms with van der Waals surface area (Å²) >= 11 is 0. The molecule has 6 nitrogen and oxygen atoms in total. The molecular formula is C16H23N2O4-. The van der Waals surface area contributed by atoms with E-state index >= 15 is 0 Å². The first-order chi connectivity index (χ1) is 10.4. The zero-order chi connectivity index (χ0) is 16.2. The quantitative estimate of drug-likeness (QED) is 0.867. The molecule has 0 spiro atoms. The molecule has 1 unspecified atom stereocenters. The van der Waals surface area contributed by atoms with Gasteiger partial charge in [-0.3, -0.25) is 0 Å². The van der Waals surface area contributed by atoms with E-state index in [1.807, 2.05) is 26.3 Å². The summed E-state index contributed by atoms with van der Waals surface area (Å²) in [5.74, 6) is 0.690. The van der Waals surface area contributed by atoms with Gasteiger partial charge in [-0.05, 0) is 57.9 Å². The van der Waals surface area contributed by atoms with Crippen LogP contribution in [0.5, 0.6) is 5.75 Å². The molecular weight excluding hydrogens is 284 g/mol. The van der Waals surface area contributed by atoms with Crippen molar-refractivity contribution in [2.75, 3.05) is 18.6 Å². The van der Waals surface area contributed by atoms with Crippen molar-refractivity contribution in [3.05, 3.63) is 29.5 Å². The number of nitrogens with zero attached hydrogens (tertiary/aromatic N) is 1. The van der Waals surface area contributed by atoms with Crippen LogP contribution in [0.2, 0.25) is 0 Å². The van der Waals surface area contributed by atoms with Crippen LogP contribution < -0.4 is 10.2 Å². The summed E-state index contributed by atoms with van der Waals surface area (Å²) in [4.78, 5) is 13.8. The topological polar surface area (TPSA) is 73.9 Å². The molecule has 1 atom stereocenters. The van der Waals surface area contributed by atoms with Gasteiger partial charge in [-0.15, -0.1) is 0 Å². The zero-order valence-corrected chi connectivity index (χ0v) is 13.3. The molecule has 1 aromatic rings. The van der Waals surface area contributed by atoms with Crippen LogP contribution in [0.15, 0.2) is 24.3 Å².